The van der Waals surface area contributed by atoms with E-state index < -0.39 is 0 Å². The molecule has 0 fully saturated rings. The molecule has 1 rings (SSSR count). The van der Waals surface area contributed by atoms with Crippen LogP contribution in [-0.2, 0) is 6.42 Å². The van der Waals surface area contributed by atoms with E-state index in [0.29, 0.717) is 6.04 Å². The molecule has 1 N–H and O–H groups in total. The van der Waals surface area contributed by atoms with E-state index in [9.17, 15) is 4.39 Å². The van der Waals surface area contributed by atoms with E-state index in [4.69, 9.17) is 0 Å². The molecule has 1 aromatic heterocycles. The molecule has 3 heteroatoms. The zero-order valence-corrected chi connectivity index (χ0v) is 10.5. The fourth-order valence-electron chi connectivity index (χ4n) is 1.67. The summed E-state index contributed by atoms with van der Waals surface area (Å²) in [5.41, 5.74) is 1.11. The first kappa shape index (κ1) is 13.1. The van der Waals surface area contributed by atoms with Gasteiger partial charge in [0.15, 0.2) is 0 Å². The lowest BCUT2D eigenvalue weighted by atomic mass is 9.84. The minimum atomic E-state index is -0.278. The fourth-order valence-corrected chi connectivity index (χ4v) is 1.67. The molecule has 0 aliphatic carbocycles. The average Bonchev–Trinajstić information content (AvgIpc) is 2.19. The van der Waals surface area contributed by atoms with Crippen LogP contribution >= 0.6 is 0 Å². The maximum atomic E-state index is 12.7. The molecule has 0 saturated heterocycles. The van der Waals surface area contributed by atoms with Crippen LogP contribution in [0.15, 0.2) is 18.3 Å². The molecule has 1 heterocycles. The van der Waals surface area contributed by atoms with Crippen LogP contribution in [0.1, 0.15) is 33.4 Å². The summed E-state index contributed by atoms with van der Waals surface area (Å²) < 4.78 is 12.7. The first-order valence-corrected chi connectivity index (χ1v) is 5.77. The molecular formula is C13H21FN2. The number of hydrogen-bond acceptors (Lipinski definition) is 2. The smallest absolute Gasteiger partial charge is 0.141 e. The number of nitrogens with zero attached hydrogens (tertiary/aromatic N) is 1. The van der Waals surface area contributed by atoms with Gasteiger partial charge in [-0.05, 0) is 24.1 Å². The average molecular weight is 224 g/mol. The highest BCUT2D eigenvalue weighted by atomic mass is 19.1. The quantitative estimate of drug-likeness (QED) is 0.850. The van der Waals surface area contributed by atoms with Crippen LogP contribution in [0.25, 0.3) is 0 Å². The molecule has 2 nitrogen and oxygen atoms in total. The second kappa shape index (κ2) is 5.39. The van der Waals surface area contributed by atoms with Crippen molar-refractivity contribution in [3.8, 4) is 0 Å². The van der Waals surface area contributed by atoms with Crippen LogP contribution in [0.4, 0.5) is 4.39 Å². The molecule has 0 aromatic carbocycles. The first-order valence-electron chi connectivity index (χ1n) is 5.77. The molecule has 0 radical (unpaired) electrons. The molecule has 0 spiro atoms. The Kier molecular flexibility index (Phi) is 4.42. The van der Waals surface area contributed by atoms with Gasteiger partial charge in [0.2, 0.25) is 0 Å². The van der Waals surface area contributed by atoms with Crippen LogP contribution in [-0.4, -0.2) is 17.6 Å². The highest BCUT2D eigenvalue weighted by molar-refractivity contribution is 5.07. The van der Waals surface area contributed by atoms with Crippen molar-refractivity contribution >= 4 is 0 Å². The highest BCUT2D eigenvalue weighted by Crippen LogP contribution is 2.22. The molecule has 0 aliphatic rings. The lowest BCUT2D eigenvalue weighted by molar-refractivity contribution is 0.268. The van der Waals surface area contributed by atoms with E-state index in [1.54, 1.807) is 6.07 Å². The zero-order valence-electron chi connectivity index (χ0n) is 10.5. The number of halogens is 1. The third kappa shape index (κ3) is 3.89. The van der Waals surface area contributed by atoms with Gasteiger partial charge in [-0.15, -0.1) is 0 Å². The van der Waals surface area contributed by atoms with Crippen molar-refractivity contribution in [1.29, 1.82) is 0 Å². The molecule has 90 valence electrons. The first-order chi connectivity index (χ1) is 7.43. The lowest BCUT2D eigenvalue weighted by Gasteiger charge is -2.31. The van der Waals surface area contributed by atoms with Gasteiger partial charge in [0.05, 0.1) is 6.20 Å². The van der Waals surface area contributed by atoms with E-state index in [2.05, 4.69) is 38.0 Å². The van der Waals surface area contributed by atoms with E-state index in [-0.39, 0.29) is 11.2 Å². The summed E-state index contributed by atoms with van der Waals surface area (Å²) in [6, 6.07) is 3.58. The topological polar surface area (TPSA) is 24.9 Å². The van der Waals surface area contributed by atoms with Crippen LogP contribution in [0.5, 0.6) is 0 Å². The number of likely N-dealkylation sites (N-methyl/N-ethyl adjacent to an activating group) is 1. The Morgan fingerprint density at radius 3 is 2.50 bits per heavy atom. The SMILES string of the molecule is CCNC(Cc1ccc(F)cn1)C(C)(C)C. The summed E-state index contributed by atoms with van der Waals surface area (Å²) in [5, 5.41) is 3.45. The van der Waals surface area contributed by atoms with Crippen LogP contribution in [0, 0.1) is 11.2 Å². The van der Waals surface area contributed by atoms with E-state index in [1.807, 2.05) is 0 Å². The lowest BCUT2D eigenvalue weighted by Crippen LogP contribution is -2.42. The van der Waals surface area contributed by atoms with Crippen molar-refractivity contribution in [1.82, 2.24) is 10.3 Å². The molecule has 0 bridgehead atoms. The van der Waals surface area contributed by atoms with Crippen LogP contribution in [0.3, 0.4) is 0 Å². The van der Waals surface area contributed by atoms with Crippen molar-refractivity contribution in [2.45, 2.75) is 40.2 Å². The minimum Gasteiger partial charge on any atom is -0.313 e. The third-order valence-electron chi connectivity index (χ3n) is 2.70. The third-order valence-corrected chi connectivity index (χ3v) is 2.70. The molecule has 0 saturated carbocycles. The normalized spacial score (nSPS) is 13.8. The van der Waals surface area contributed by atoms with Gasteiger partial charge in [-0.2, -0.15) is 0 Å². The standard InChI is InChI=1S/C13H21FN2/c1-5-15-12(13(2,3)4)8-11-7-6-10(14)9-16-11/h6-7,9,12,15H,5,8H2,1-4H3. The van der Waals surface area contributed by atoms with Gasteiger partial charge in [0.1, 0.15) is 5.82 Å². The number of hydrogen-bond donors (Lipinski definition) is 1. The van der Waals surface area contributed by atoms with E-state index in [0.717, 1.165) is 18.7 Å². The Morgan fingerprint density at radius 1 is 1.38 bits per heavy atom. The van der Waals surface area contributed by atoms with Gasteiger partial charge in [0.25, 0.3) is 0 Å². The van der Waals surface area contributed by atoms with Crippen molar-refractivity contribution in [2.24, 2.45) is 5.41 Å². The Labute approximate surface area is 97.3 Å². The number of pyridine rings is 1. The van der Waals surface area contributed by atoms with Gasteiger partial charge in [-0.3, -0.25) is 4.98 Å². The maximum absolute atomic E-state index is 12.7. The number of rotatable bonds is 4. The Morgan fingerprint density at radius 2 is 2.06 bits per heavy atom. The van der Waals surface area contributed by atoms with Crippen molar-refractivity contribution in [3.63, 3.8) is 0 Å². The summed E-state index contributed by atoms with van der Waals surface area (Å²) in [5.74, 6) is -0.278. The summed E-state index contributed by atoms with van der Waals surface area (Å²) in [7, 11) is 0. The maximum Gasteiger partial charge on any atom is 0.141 e. The van der Waals surface area contributed by atoms with Gasteiger partial charge in [-0.25, -0.2) is 4.39 Å². The van der Waals surface area contributed by atoms with E-state index >= 15 is 0 Å². The van der Waals surface area contributed by atoms with Crippen molar-refractivity contribution < 1.29 is 4.39 Å². The molecule has 1 aromatic rings. The van der Waals surface area contributed by atoms with Gasteiger partial charge in [-0.1, -0.05) is 27.7 Å². The molecular weight excluding hydrogens is 203 g/mol. The predicted octanol–water partition coefficient (Wildman–Crippen LogP) is 2.79. The van der Waals surface area contributed by atoms with Crippen molar-refractivity contribution in [2.75, 3.05) is 6.54 Å². The molecule has 0 aliphatic heterocycles. The Hall–Kier alpha value is -0.960. The summed E-state index contributed by atoms with van der Waals surface area (Å²) in [4.78, 5) is 4.10. The number of nitrogens with one attached hydrogen (secondary N) is 1. The molecule has 0 amide bonds. The Bertz CT molecular complexity index is 314. The predicted molar refractivity (Wildman–Crippen MR) is 64.8 cm³/mol. The van der Waals surface area contributed by atoms with Crippen molar-refractivity contribution in [3.05, 3.63) is 29.8 Å². The van der Waals surface area contributed by atoms with Crippen LogP contribution < -0.4 is 5.32 Å². The van der Waals surface area contributed by atoms with E-state index in [1.165, 1.54) is 12.3 Å². The largest absolute Gasteiger partial charge is 0.313 e. The fraction of sp³-hybridized carbons (Fsp3) is 0.615. The molecule has 1 unspecified atom stereocenters. The summed E-state index contributed by atoms with van der Waals surface area (Å²) in [6.45, 7) is 9.62. The Balaban J connectivity index is 2.72. The minimum absolute atomic E-state index is 0.173. The van der Waals surface area contributed by atoms with Crippen LogP contribution in [0.2, 0.25) is 0 Å². The van der Waals surface area contributed by atoms with Gasteiger partial charge < -0.3 is 5.32 Å². The second-order valence-corrected chi connectivity index (χ2v) is 5.15. The molecule has 16 heavy (non-hydrogen) atoms. The summed E-state index contributed by atoms with van der Waals surface area (Å²) in [6.07, 6.45) is 2.11. The monoisotopic (exact) mass is 224 g/mol. The second-order valence-electron chi connectivity index (χ2n) is 5.15. The molecule has 1 atom stereocenters. The van der Waals surface area contributed by atoms with Gasteiger partial charge in [0, 0.05) is 18.2 Å². The van der Waals surface area contributed by atoms with Gasteiger partial charge >= 0.3 is 0 Å². The zero-order chi connectivity index (χ0) is 12.2. The highest BCUT2D eigenvalue weighted by Gasteiger charge is 2.24. The summed E-state index contributed by atoms with van der Waals surface area (Å²) >= 11 is 0. The number of aromatic nitrogens is 1.